The lowest BCUT2D eigenvalue weighted by Crippen LogP contribution is -2.29. The lowest BCUT2D eigenvalue weighted by molar-refractivity contribution is -0.113. The van der Waals surface area contributed by atoms with Crippen LogP contribution in [0.3, 0.4) is 0 Å². The van der Waals surface area contributed by atoms with E-state index in [0.717, 1.165) is 17.0 Å². The third-order valence-corrected chi connectivity index (χ3v) is 4.80. The summed E-state index contributed by atoms with van der Waals surface area (Å²) in [4.78, 5) is 15.2. The molecule has 0 aliphatic carbocycles. The number of hydrogen-bond donors (Lipinski definition) is 0. The van der Waals surface area contributed by atoms with Gasteiger partial charge in [-0.1, -0.05) is 30.3 Å². The van der Waals surface area contributed by atoms with Crippen molar-refractivity contribution in [3.8, 4) is 5.75 Å². The number of anilines is 1. The maximum absolute atomic E-state index is 13.1. The highest BCUT2D eigenvalue weighted by Gasteiger charge is 2.35. The van der Waals surface area contributed by atoms with Gasteiger partial charge in [-0.3, -0.25) is 9.69 Å². The van der Waals surface area contributed by atoms with Crippen molar-refractivity contribution in [3.05, 3.63) is 77.7 Å². The highest BCUT2D eigenvalue weighted by Crippen LogP contribution is 2.36. The van der Waals surface area contributed by atoms with Gasteiger partial charge in [0.1, 0.15) is 18.4 Å². The van der Waals surface area contributed by atoms with Crippen LogP contribution in [0.4, 0.5) is 5.69 Å². The van der Waals surface area contributed by atoms with Crippen LogP contribution in [0.15, 0.2) is 77.3 Å². The molecule has 3 aromatic rings. The second-order valence-electron chi connectivity index (χ2n) is 5.58. The first-order chi connectivity index (χ1) is 13.2. The zero-order valence-corrected chi connectivity index (χ0v) is 15.2. The van der Waals surface area contributed by atoms with E-state index >= 15 is 0 Å². The van der Waals surface area contributed by atoms with Crippen LogP contribution in [0.25, 0.3) is 6.08 Å². The van der Waals surface area contributed by atoms with Crippen LogP contribution in [0.2, 0.25) is 0 Å². The van der Waals surface area contributed by atoms with Crippen LogP contribution in [0, 0.1) is 0 Å². The molecule has 2 heterocycles. The number of carbonyl (C=O) groups excluding carboxylic acids is 1. The Hall–Kier alpha value is -3.39. The normalized spacial score (nSPS) is 17.1. The molecule has 1 amide bonds. The van der Waals surface area contributed by atoms with E-state index in [1.165, 1.54) is 29.1 Å². The standard InChI is InChI=1S/C19H15N5O2S/c1-26-16-9-7-14(8-10-16)11-17-18(25)24(15-5-3-2-4-6-15)19(27-17)22-23-12-20-21-13-23/h2-13H,1H3/b17-11-,22-19+. The smallest absolute Gasteiger partial charge is 0.271 e. The Labute approximate surface area is 160 Å². The van der Waals surface area contributed by atoms with Gasteiger partial charge in [-0.2, -0.15) is 0 Å². The van der Waals surface area contributed by atoms with Crippen molar-refractivity contribution in [3.63, 3.8) is 0 Å². The van der Waals surface area contributed by atoms with Gasteiger partial charge >= 0.3 is 0 Å². The molecule has 7 nitrogen and oxygen atoms in total. The van der Waals surface area contributed by atoms with E-state index in [1.807, 2.05) is 60.7 Å². The molecule has 1 fully saturated rings. The average molecular weight is 377 g/mol. The number of amides is 1. The molecule has 1 saturated heterocycles. The van der Waals surface area contributed by atoms with Gasteiger partial charge in [-0.25, -0.2) is 4.68 Å². The number of rotatable bonds is 4. The molecule has 0 atom stereocenters. The second-order valence-corrected chi connectivity index (χ2v) is 6.59. The minimum Gasteiger partial charge on any atom is -0.497 e. The molecule has 1 aliphatic heterocycles. The van der Waals surface area contributed by atoms with Gasteiger partial charge < -0.3 is 4.74 Å². The van der Waals surface area contributed by atoms with Crippen LogP contribution in [0.1, 0.15) is 5.56 Å². The molecule has 2 aromatic carbocycles. The van der Waals surface area contributed by atoms with Crippen molar-refractivity contribution in [2.45, 2.75) is 0 Å². The van der Waals surface area contributed by atoms with Crippen LogP contribution in [-0.2, 0) is 4.79 Å². The fourth-order valence-electron chi connectivity index (χ4n) is 2.54. The monoisotopic (exact) mass is 377 g/mol. The molecule has 27 heavy (non-hydrogen) atoms. The minimum atomic E-state index is -0.131. The Morgan fingerprint density at radius 3 is 2.41 bits per heavy atom. The molecule has 8 heteroatoms. The molecule has 0 spiro atoms. The maximum Gasteiger partial charge on any atom is 0.271 e. The third kappa shape index (κ3) is 3.61. The Kier molecular flexibility index (Phi) is 4.71. The molecular weight excluding hydrogens is 362 g/mol. The van der Waals surface area contributed by atoms with E-state index in [-0.39, 0.29) is 5.91 Å². The van der Waals surface area contributed by atoms with Gasteiger partial charge in [0.25, 0.3) is 5.91 Å². The Morgan fingerprint density at radius 2 is 1.74 bits per heavy atom. The third-order valence-electron chi connectivity index (χ3n) is 3.84. The van der Waals surface area contributed by atoms with Gasteiger partial charge in [0.2, 0.25) is 5.17 Å². The van der Waals surface area contributed by atoms with Crippen molar-refractivity contribution in [2.75, 3.05) is 12.0 Å². The van der Waals surface area contributed by atoms with Crippen molar-refractivity contribution in [1.82, 2.24) is 14.9 Å². The van der Waals surface area contributed by atoms with Gasteiger partial charge in [0.15, 0.2) is 0 Å². The summed E-state index contributed by atoms with van der Waals surface area (Å²) in [5.74, 6) is 0.636. The summed E-state index contributed by atoms with van der Waals surface area (Å²) in [6.07, 6.45) is 4.80. The fraction of sp³-hybridized carbons (Fsp3) is 0.0526. The number of amidine groups is 1. The zero-order valence-electron chi connectivity index (χ0n) is 14.4. The van der Waals surface area contributed by atoms with Gasteiger partial charge in [0, 0.05) is 0 Å². The Balaban J connectivity index is 1.72. The molecule has 134 valence electrons. The summed E-state index contributed by atoms with van der Waals surface area (Å²) in [5, 5.41) is 12.5. The summed E-state index contributed by atoms with van der Waals surface area (Å²) >= 11 is 1.30. The number of benzene rings is 2. The number of methoxy groups -OCH3 is 1. The molecule has 0 unspecified atom stereocenters. The van der Waals surface area contributed by atoms with Crippen LogP contribution < -0.4 is 9.64 Å². The topological polar surface area (TPSA) is 72.6 Å². The van der Waals surface area contributed by atoms with Gasteiger partial charge in [-0.05, 0) is 47.7 Å². The van der Waals surface area contributed by atoms with Gasteiger partial charge in [0.05, 0.1) is 17.7 Å². The van der Waals surface area contributed by atoms with E-state index in [9.17, 15) is 4.79 Å². The summed E-state index contributed by atoms with van der Waals surface area (Å²) in [7, 11) is 1.62. The van der Waals surface area contributed by atoms with Crippen LogP contribution in [-0.4, -0.2) is 33.1 Å². The van der Waals surface area contributed by atoms with E-state index < -0.39 is 0 Å². The highest BCUT2D eigenvalue weighted by atomic mass is 32.2. The zero-order chi connectivity index (χ0) is 18.6. The van der Waals surface area contributed by atoms with E-state index in [2.05, 4.69) is 15.3 Å². The van der Waals surface area contributed by atoms with Crippen LogP contribution in [0.5, 0.6) is 5.75 Å². The molecule has 0 bridgehead atoms. The molecular formula is C19H15N5O2S. The largest absolute Gasteiger partial charge is 0.497 e. The summed E-state index contributed by atoms with van der Waals surface area (Å²) in [6, 6.07) is 16.9. The number of hydrogen-bond acceptors (Lipinski definition) is 6. The Morgan fingerprint density at radius 1 is 1.04 bits per heavy atom. The molecule has 4 rings (SSSR count). The average Bonchev–Trinajstić information content (AvgIpc) is 3.32. The molecule has 0 radical (unpaired) electrons. The van der Waals surface area contributed by atoms with Crippen molar-refractivity contribution in [1.29, 1.82) is 0 Å². The van der Waals surface area contributed by atoms with E-state index in [1.54, 1.807) is 12.0 Å². The highest BCUT2D eigenvalue weighted by molar-refractivity contribution is 8.19. The molecule has 1 aliphatic rings. The fourth-order valence-corrected chi connectivity index (χ4v) is 3.53. The molecule has 1 aromatic heterocycles. The second kappa shape index (κ2) is 7.46. The number of thioether (sulfide) groups is 1. The van der Waals surface area contributed by atoms with E-state index in [4.69, 9.17) is 4.74 Å². The minimum absolute atomic E-state index is 0.131. The first kappa shape index (κ1) is 17.0. The lowest BCUT2D eigenvalue weighted by Gasteiger charge is -2.15. The van der Waals surface area contributed by atoms with Crippen molar-refractivity contribution >= 4 is 34.6 Å². The lowest BCUT2D eigenvalue weighted by atomic mass is 10.2. The first-order valence-electron chi connectivity index (χ1n) is 8.11. The summed E-state index contributed by atoms with van der Waals surface area (Å²) in [5.41, 5.74) is 1.66. The summed E-state index contributed by atoms with van der Waals surface area (Å²) in [6.45, 7) is 0. The predicted octanol–water partition coefficient (Wildman–Crippen LogP) is 3.23. The number of carbonyl (C=O) groups is 1. The van der Waals surface area contributed by atoms with Gasteiger partial charge in [-0.15, -0.1) is 15.3 Å². The number of aromatic nitrogens is 3. The molecule has 0 N–H and O–H groups in total. The molecule has 0 saturated carbocycles. The first-order valence-corrected chi connectivity index (χ1v) is 8.93. The number of ether oxygens (including phenoxy) is 1. The van der Waals surface area contributed by atoms with Crippen molar-refractivity contribution in [2.24, 2.45) is 5.10 Å². The number of para-hydroxylation sites is 1. The SMILES string of the molecule is COc1ccc(/C=C2\S/C(=N/n3cnnc3)N(c3ccccc3)C2=O)cc1. The quantitative estimate of drug-likeness (QED) is 0.653. The van der Waals surface area contributed by atoms with Crippen molar-refractivity contribution < 1.29 is 9.53 Å². The van der Waals surface area contributed by atoms with E-state index in [0.29, 0.717) is 10.1 Å². The predicted molar refractivity (Wildman–Crippen MR) is 105 cm³/mol. The number of nitrogens with zero attached hydrogens (tertiary/aromatic N) is 5. The summed E-state index contributed by atoms with van der Waals surface area (Å²) < 4.78 is 6.65. The van der Waals surface area contributed by atoms with Crippen LogP contribution >= 0.6 is 11.8 Å². The maximum atomic E-state index is 13.1. The Bertz CT molecular complexity index is 998.